The van der Waals surface area contributed by atoms with Gasteiger partial charge in [-0.2, -0.15) is 0 Å². The molecule has 5 aromatic rings. The minimum absolute atomic E-state index is 0.0508. The normalized spacial score (nSPS) is 16.0. The first kappa shape index (κ1) is 23.8. The fourth-order valence-corrected chi connectivity index (χ4v) is 5.68. The van der Waals surface area contributed by atoms with Gasteiger partial charge in [-0.1, -0.05) is 24.3 Å². The van der Waals surface area contributed by atoms with E-state index in [0.717, 1.165) is 57.2 Å². The van der Waals surface area contributed by atoms with Crippen molar-refractivity contribution < 1.29 is 14.2 Å². The number of pyridine rings is 1. The Kier molecular flexibility index (Phi) is 5.85. The molecule has 1 aliphatic rings. The number of fused-ring (bicyclic) bond motifs is 3. The Bertz CT molecular complexity index is 1570. The largest absolute Gasteiger partial charge is 0.386 e. The number of ether oxygens (including phenoxy) is 1. The topological polar surface area (TPSA) is 65.1 Å². The van der Waals surface area contributed by atoms with Gasteiger partial charge in [-0.15, -0.1) is 0 Å². The molecule has 1 fully saturated rings. The van der Waals surface area contributed by atoms with Crippen molar-refractivity contribution in [2.45, 2.75) is 38.3 Å². The van der Waals surface area contributed by atoms with Crippen molar-refractivity contribution in [3.8, 4) is 11.3 Å². The van der Waals surface area contributed by atoms with E-state index in [0.29, 0.717) is 19.1 Å². The van der Waals surface area contributed by atoms with Crippen molar-refractivity contribution in [2.24, 2.45) is 13.0 Å². The number of imidazole rings is 1. The van der Waals surface area contributed by atoms with E-state index in [1.165, 1.54) is 12.1 Å². The first-order valence-electron chi connectivity index (χ1n) is 12.8. The molecule has 7 heteroatoms. The van der Waals surface area contributed by atoms with Crippen LogP contribution in [0.3, 0.4) is 0 Å². The number of hydrogen-bond donors (Lipinski definition) is 1. The molecule has 6 nitrogen and oxygen atoms in total. The van der Waals surface area contributed by atoms with Gasteiger partial charge in [-0.05, 0) is 68.0 Å². The van der Waals surface area contributed by atoms with Gasteiger partial charge in [-0.25, -0.2) is 9.37 Å². The van der Waals surface area contributed by atoms with Gasteiger partial charge in [-0.3, -0.25) is 4.98 Å². The molecule has 0 amide bonds. The average Bonchev–Trinajstić information content (AvgIpc) is 3.46. The maximum Gasteiger partial charge on any atom is 0.123 e. The Morgan fingerprint density at radius 1 is 1.03 bits per heavy atom. The SMILES string of the molecule is Cn1cncc1-c1cnc2c3ccc(C(C)(C)O)cc3n(C(c3ccc(F)cc3)C3CCOCC3)c2c1. The third-order valence-corrected chi connectivity index (χ3v) is 7.66. The number of halogens is 1. The molecule has 3 aromatic heterocycles. The van der Waals surface area contributed by atoms with Gasteiger partial charge in [0.05, 0.1) is 46.4 Å². The highest BCUT2D eigenvalue weighted by atomic mass is 19.1. The number of benzene rings is 2. The van der Waals surface area contributed by atoms with E-state index in [4.69, 9.17) is 9.72 Å². The minimum atomic E-state index is -0.993. The first-order chi connectivity index (χ1) is 17.8. The van der Waals surface area contributed by atoms with Crippen LogP contribution < -0.4 is 0 Å². The molecule has 0 saturated carbocycles. The number of aliphatic hydroxyl groups is 1. The molecule has 1 saturated heterocycles. The summed E-state index contributed by atoms with van der Waals surface area (Å²) in [5.74, 6) is 0.0466. The molecule has 37 heavy (non-hydrogen) atoms. The standard InChI is InChI=1S/C30H31FN4O2/c1-30(2,36)22-6-9-24-25(15-22)35(26-14-21(16-33-28(24)26)27-17-32-18-34(27)3)29(20-10-12-37-13-11-20)19-4-7-23(31)8-5-19/h4-9,14-18,20,29,36H,10-13H2,1-3H3. The summed E-state index contributed by atoms with van der Waals surface area (Å²) in [5, 5.41) is 11.9. The highest BCUT2D eigenvalue weighted by Gasteiger charge is 2.31. The first-order valence-corrected chi connectivity index (χ1v) is 12.8. The summed E-state index contributed by atoms with van der Waals surface area (Å²) in [6.07, 6.45) is 7.34. The number of aryl methyl sites for hydroxylation is 1. The lowest BCUT2D eigenvalue weighted by atomic mass is 9.86. The maximum atomic E-state index is 14.0. The third kappa shape index (κ3) is 4.22. The second kappa shape index (κ2) is 9.08. The van der Waals surface area contributed by atoms with Crippen molar-refractivity contribution in [3.63, 3.8) is 0 Å². The van der Waals surface area contributed by atoms with Gasteiger partial charge in [0.1, 0.15) is 5.82 Å². The van der Waals surface area contributed by atoms with Crippen molar-refractivity contribution >= 4 is 21.9 Å². The molecule has 6 rings (SSSR count). The fraction of sp³-hybridized carbons (Fsp3) is 0.333. The van der Waals surface area contributed by atoms with Crippen LogP contribution in [0.25, 0.3) is 33.2 Å². The molecule has 1 atom stereocenters. The van der Waals surface area contributed by atoms with Crippen LogP contribution in [-0.2, 0) is 17.4 Å². The van der Waals surface area contributed by atoms with Crippen LogP contribution in [0.5, 0.6) is 0 Å². The molecule has 2 aromatic carbocycles. The van der Waals surface area contributed by atoms with Gasteiger partial charge in [0.15, 0.2) is 0 Å². The van der Waals surface area contributed by atoms with Crippen molar-refractivity contribution in [1.82, 2.24) is 19.1 Å². The van der Waals surface area contributed by atoms with Crippen LogP contribution in [-0.4, -0.2) is 37.4 Å². The summed E-state index contributed by atoms with van der Waals surface area (Å²) in [6.45, 7) is 5.01. The molecular formula is C30H31FN4O2. The molecule has 1 unspecified atom stereocenters. The Labute approximate surface area is 215 Å². The molecule has 190 valence electrons. The third-order valence-electron chi connectivity index (χ3n) is 7.66. The quantitative estimate of drug-likeness (QED) is 0.324. The molecular weight excluding hydrogens is 467 g/mol. The van der Waals surface area contributed by atoms with E-state index in [9.17, 15) is 9.50 Å². The Hall–Kier alpha value is -3.55. The summed E-state index contributed by atoms with van der Waals surface area (Å²) in [4.78, 5) is 9.24. The van der Waals surface area contributed by atoms with E-state index in [-0.39, 0.29) is 11.9 Å². The number of nitrogens with zero attached hydrogens (tertiary/aromatic N) is 4. The van der Waals surface area contributed by atoms with Crippen LogP contribution in [0.1, 0.15) is 43.9 Å². The van der Waals surface area contributed by atoms with E-state index in [1.54, 1.807) is 20.2 Å². The second-order valence-electron chi connectivity index (χ2n) is 10.6. The van der Waals surface area contributed by atoms with Gasteiger partial charge in [0.2, 0.25) is 0 Å². The molecule has 1 aliphatic heterocycles. The summed E-state index contributed by atoms with van der Waals surface area (Å²) in [7, 11) is 1.97. The molecule has 1 N–H and O–H groups in total. The van der Waals surface area contributed by atoms with Crippen molar-refractivity contribution in [2.75, 3.05) is 13.2 Å². The zero-order chi connectivity index (χ0) is 25.7. The minimum Gasteiger partial charge on any atom is -0.386 e. The summed E-state index contributed by atoms with van der Waals surface area (Å²) in [5.41, 5.74) is 5.76. The van der Waals surface area contributed by atoms with Crippen LogP contribution >= 0.6 is 0 Å². The lowest BCUT2D eigenvalue weighted by Gasteiger charge is -2.33. The van der Waals surface area contributed by atoms with Crippen LogP contribution in [0.4, 0.5) is 4.39 Å². The zero-order valence-corrected chi connectivity index (χ0v) is 21.4. The summed E-state index contributed by atoms with van der Waals surface area (Å²) in [6, 6.07) is 15.1. The van der Waals surface area contributed by atoms with E-state index in [1.807, 2.05) is 42.2 Å². The van der Waals surface area contributed by atoms with Gasteiger partial charge in [0, 0.05) is 37.4 Å². The van der Waals surface area contributed by atoms with Crippen molar-refractivity contribution in [3.05, 3.63) is 84.2 Å². The summed E-state index contributed by atoms with van der Waals surface area (Å²) < 4.78 is 24.1. The number of hydrogen-bond acceptors (Lipinski definition) is 4. The van der Waals surface area contributed by atoms with Crippen molar-refractivity contribution in [1.29, 1.82) is 0 Å². The number of aromatic nitrogens is 4. The molecule has 0 radical (unpaired) electrons. The monoisotopic (exact) mass is 498 g/mol. The highest BCUT2D eigenvalue weighted by molar-refractivity contribution is 6.07. The van der Waals surface area contributed by atoms with E-state index < -0.39 is 5.60 Å². The molecule has 0 bridgehead atoms. The van der Waals surface area contributed by atoms with Crippen LogP contribution in [0.2, 0.25) is 0 Å². The molecule has 0 aliphatic carbocycles. The van der Waals surface area contributed by atoms with Gasteiger partial charge >= 0.3 is 0 Å². The number of rotatable bonds is 5. The van der Waals surface area contributed by atoms with Gasteiger partial charge < -0.3 is 19.0 Å². The van der Waals surface area contributed by atoms with Gasteiger partial charge in [0.25, 0.3) is 0 Å². The second-order valence-corrected chi connectivity index (χ2v) is 10.6. The lowest BCUT2D eigenvalue weighted by molar-refractivity contribution is 0.0552. The summed E-state index contributed by atoms with van der Waals surface area (Å²) >= 11 is 0. The van der Waals surface area contributed by atoms with Crippen LogP contribution in [0.15, 0.2) is 67.3 Å². The van der Waals surface area contributed by atoms with E-state index >= 15 is 0 Å². The molecule has 4 heterocycles. The predicted octanol–water partition coefficient (Wildman–Crippen LogP) is 5.97. The Morgan fingerprint density at radius 2 is 1.78 bits per heavy atom. The fourth-order valence-electron chi connectivity index (χ4n) is 5.68. The Balaban J connectivity index is 1.68. The highest BCUT2D eigenvalue weighted by Crippen LogP contribution is 2.42. The predicted molar refractivity (Wildman–Crippen MR) is 143 cm³/mol. The molecule has 0 spiro atoms. The maximum absolute atomic E-state index is 14.0. The Morgan fingerprint density at radius 3 is 2.46 bits per heavy atom. The van der Waals surface area contributed by atoms with E-state index in [2.05, 4.69) is 27.8 Å². The smallest absolute Gasteiger partial charge is 0.123 e. The average molecular weight is 499 g/mol. The lowest BCUT2D eigenvalue weighted by Crippen LogP contribution is -2.27. The zero-order valence-electron chi connectivity index (χ0n) is 21.4. The van der Waals surface area contributed by atoms with Crippen LogP contribution in [0, 0.1) is 11.7 Å².